The molecule has 0 aliphatic carbocycles. The second kappa shape index (κ2) is 8.63. The molecule has 2 aliphatic rings. The highest BCUT2D eigenvalue weighted by Gasteiger charge is 2.32. The number of thiocarbonyl (C=S) groups is 1. The lowest BCUT2D eigenvalue weighted by atomic mass is 9.91. The molecule has 2 amide bonds. The number of hydrogen-bond donors (Lipinski definition) is 1. The molecule has 31 heavy (non-hydrogen) atoms. The minimum atomic E-state index is -0.190. The van der Waals surface area contributed by atoms with Gasteiger partial charge in [0.05, 0.1) is 5.69 Å². The fourth-order valence-electron chi connectivity index (χ4n) is 4.36. The summed E-state index contributed by atoms with van der Waals surface area (Å²) in [4.78, 5) is 29.2. The second-order valence-corrected chi connectivity index (χ2v) is 9.13. The van der Waals surface area contributed by atoms with E-state index in [9.17, 15) is 9.59 Å². The zero-order valence-electron chi connectivity index (χ0n) is 18.1. The Morgan fingerprint density at radius 3 is 2.26 bits per heavy atom. The van der Waals surface area contributed by atoms with Gasteiger partial charge in [0.25, 0.3) is 11.8 Å². The first-order valence-corrected chi connectivity index (χ1v) is 11.1. The van der Waals surface area contributed by atoms with E-state index >= 15 is 0 Å². The average molecular weight is 434 g/mol. The molecule has 2 aliphatic heterocycles. The van der Waals surface area contributed by atoms with Crippen molar-refractivity contribution in [1.29, 1.82) is 0 Å². The number of aryl methyl sites for hydroxylation is 1. The van der Waals surface area contributed by atoms with Gasteiger partial charge in [-0.2, -0.15) is 0 Å². The van der Waals surface area contributed by atoms with Gasteiger partial charge in [-0.25, -0.2) is 0 Å². The number of benzene rings is 2. The molecule has 0 unspecified atom stereocenters. The molecule has 1 N–H and O–H groups in total. The molecule has 2 atom stereocenters. The first-order valence-electron chi connectivity index (χ1n) is 10.6. The van der Waals surface area contributed by atoms with Gasteiger partial charge in [-0.05, 0) is 73.3 Å². The summed E-state index contributed by atoms with van der Waals surface area (Å²) in [7, 11) is 0. The Kier molecular flexibility index (Phi) is 5.92. The van der Waals surface area contributed by atoms with Crippen LogP contribution >= 0.6 is 12.2 Å². The van der Waals surface area contributed by atoms with Crippen molar-refractivity contribution in [2.24, 2.45) is 11.8 Å². The lowest BCUT2D eigenvalue weighted by molar-refractivity contribution is -0.113. The Morgan fingerprint density at radius 1 is 1.03 bits per heavy atom. The van der Waals surface area contributed by atoms with Gasteiger partial charge in [-0.3, -0.25) is 14.5 Å². The fourth-order valence-corrected chi connectivity index (χ4v) is 4.66. The van der Waals surface area contributed by atoms with Crippen LogP contribution in [0.4, 0.5) is 5.69 Å². The van der Waals surface area contributed by atoms with Gasteiger partial charge >= 0.3 is 0 Å². The smallest absolute Gasteiger partial charge is 0.281 e. The molecular formula is C25H27N3O2S. The van der Waals surface area contributed by atoms with E-state index in [-0.39, 0.29) is 11.8 Å². The largest absolute Gasteiger partial charge is 0.338 e. The normalized spacial score (nSPS) is 22.7. The summed E-state index contributed by atoms with van der Waals surface area (Å²) in [5, 5.41) is 3.37. The standard InChI is InChI=1S/C25H27N3O2S/c1-16-4-10-21(11-5-16)28-24(30)22(26-25(28)31)13-19-6-8-20(9-7-19)23(29)27-14-17(2)12-18(3)15-27/h4-11,13,17-18H,12,14-15H2,1-3H3,(H,26,31)/b22-13+/t17-,18+. The van der Waals surface area contributed by atoms with Crippen LogP contribution in [0.3, 0.4) is 0 Å². The Morgan fingerprint density at radius 2 is 1.65 bits per heavy atom. The second-order valence-electron chi connectivity index (χ2n) is 8.74. The van der Waals surface area contributed by atoms with Gasteiger partial charge in [0.1, 0.15) is 5.70 Å². The Labute approximate surface area is 188 Å². The van der Waals surface area contributed by atoms with Crippen molar-refractivity contribution in [2.75, 3.05) is 18.0 Å². The van der Waals surface area contributed by atoms with Crippen molar-refractivity contribution in [3.8, 4) is 0 Å². The molecular weight excluding hydrogens is 406 g/mol. The van der Waals surface area contributed by atoms with Crippen LogP contribution in [0.1, 0.15) is 41.8 Å². The highest BCUT2D eigenvalue weighted by Crippen LogP contribution is 2.24. The third kappa shape index (κ3) is 4.54. The quantitative estimate of drug-likeness (QED) is 0.577. The van der Waals surface area contributed by atoms with Crippen LogP contribution in [0.15, 0.2) is 54.2 Å². The summed E-state index contributed by atoms with van der Waals surface area (Å²) < 4.78 is 0. The van der Waals surface area contributed by atoms with E-state index in [1.165, 1.54) is 11.3 Å². The van der Waals surface area contributed by atoms with Crippen LogP contribution in [0.2, 0.25) is 0 Å². The Bertz CT molecular complexity index is 1030. The van der Waals surface area contributed by atoms with Crippen molar-refractivity contribution in [3.05, 3.63) is 70.9 Å². The van der Waals surface area contributed by atoms with Crippen LogP contribution in [0, 0.1) is 18.8 Å². The van der Waals surface area contributed by atoms with E-state index in [1.54, 1.807) is 6.08 Å². The molecule has 4 rings (SSSR count). The van der Waals surface area contributed by atoms with Crippen LogP contribution < -0.4 is 10.2 Å². The van der Waals surface area contributed by atoms with Crippen molar-refractivity contribution < 1.29 is 9.59 Å². The summed E-state index contributed by atoms with van der Waals surface area (Å²) in [6.45, 7) is 8.00. The van der Waals surface area contributed by atoms with E-state index < -0.39 is 0 Å². The summed E-state index contributed by atoms with van der Waals surface area (Å²) in [6, 6.07) is 15.0. The number of nitrogens with one attached hydrogen (secondary N) is 1. The maximum atomic E-state index is 12.9. The summed E-state index contributed by atoms with van der Waals surface area (Å²) >= 11 is 5.37. The van der Waals surface area contributed by atoms with Crippen molar-refractivity contribution >= 4 is 40.9 Å². The number of carbonyl (C=O) groups is 2. The molecule has 2 aromatic rings. The third-order valence-electron chi connectivity index (χ3n) is 5.80. The molecule has 5 nitrogen and oxygen atoms in total. The lowest BCUT2D eigenvalue weighted by Gasteiger charge is -2.35. The molecule has 0 saturated carbocycles. The zero-order chi connectivity index (χ0) is 22.1. The van der Waals surface area contributed by atoms with Crippen molar-refractivity contribution in [2.45, 2.75) is 27.2 Å². The van der Waals surface area contributed by atoms with Crippen molar-refractivity contribution in [1.82, 2.24) is 10.2 Å². The summed E-state index contributed by atoms with van der Waals surface area (Å²) in [5.41, 5.74) is 3.78. The SMILES string of the molecule is Cc1ccc(N2C(=O)/C(=C\c3ccc(C(=O)N4C[C@H](C)C[C@H](C)C4)cc3)NC2=S)cc1. The van der Waals surface area contributed by atoms with Gasteiger partial charge in [0.2, 0.25) is 0 Å². The first-order chi connectivity index (χ1) is 14.8. The molecule has 6 heteroatoms. The molecule has 0 spiro atoms. The topological polar surface area (TPSA) is 52.7 Å². The van der Waals surface area contributed by atoms with Crippen LogP contribution in [-0.2, 0) is 4.79 Å². The van der Waals surface area contributed by atoms with Gasteiger partial charge in [-0.1, -0.05) is 43.7 Å². The highest BCUT2D eigenvalue weighted by molar-refractivity contribution is 7.80. The fraction of sp³-hybridized carbons (Fsp3) is 0.320. The highest BCUT2D eigenvalue weighted by atomic mass is 32.1. The number of carbonyl (C=O) groups excluding carboxylic acids is 2. The lowest BCUT2D eigenvalue weighted by Crippen LogP contribution is -2.42. The van der Waals surface area contributed by atoms with Gasteiger partial charge in [0, 0.05) is 18.7 Å². The summed E-state index contributed by atoms with van der Waals surface area (Å²) in [6.07, 6.45) is 2.93. The number of anilines is 1. The predicted molar refractivity (Wildman–Crippen MR) is 128 cm³/mol. The minimum absolute atomic E-state index is 0.0689. The molecule has 2 saturated heterocycles. The zero-order valence-corrected chi connectivity index (χ0v) is 18.9. The van der Waals surface area contributed by atoms with Crippen LogP contribution in [0.25, 0.3) is 6.08 Å². The van der Waals surface area contributed by atoms with E-state index in [2.05, 4.69) is 19.2 Å². The monoisotopic (exact) mass is 433 g/mol. The maximum Gasteiger partial charge on any atom is 0.281 e. The number of likely N-dealkylation sites (tertiary alicyclic amines) is 1. The number of rotatable bonds is 3. The number of hydrogen-bond acceptors (Lipinski definition) is 3. The van der Waals surface area contributed by atoms with E-state index in [0.29, 0.717) is 28.2 Å². The maximum absolute atomic E-state index is 12.9. The summed E-state index contributed by atoms with van der Waals surface area (Å²) in [5.74, 6) is 0.928. The van der Waals surface area contributed by atoms with Gasteiger partial charge in [-0.15, -0.1) is 0 Å². The molecule has 2 aromatic carbocycles. The minimum Gasteiger partial charge on any atom is -0.338 e. The van der Waals surface area contributed by atoms with E-state index in [1.807, 2.05) is 60.4 Å². The molecule has 2 heterocycles. The molecule has 0 bridgehead atoms. The van der Waals surface area contributed by atoms with Crippen molar-refractivity contribution in [3.63, 3.8) is 0 Å². The Hall–Kier alpha value is -2.99. The third-order valence-corrected chi connectivity index (χ3v) is 6.08. The first kappa shape index (κ1) is 21.2. The molecule has 2 fully saturated rings. The predicted octanol–water partition coefficient (Wildman–Crippen LogP) is 4.38. The average Bonchev–Trinajstić information content (AvgIpc) is 3.01. The number of nitrogens with zero attached hydrogens (tertiary/aromatic N) is 2. The van der Waals surface area contributed by atoms with E-state index in [4.69, 9.17) is 12.2 Å². The van der Waals surface area contributed by atoms with Crippen LogP contribution in [-0.4, -0.2) is 34.9 Å². The molecule has 160 valence electrons. The van der Waals surface area contributed by atoms with Gasteiger partial charge in [0.15, 0.2) is 5.11 Å². The number of amides is 2. The number of piperidine rings is 1. The molecule has 0 aromatic heterocycles. The van der Waals surface area contributed by atoms with E-state index in [0.717, 1.165) is 29.9 Å². The Balaban J connectivity index is 1.49. The van der Waals surface area contributed by atoms with Crippen LogP contribution in [0.5, 0.6) is 0 Å². The van der Waals surface area contributed by atoms with Gasteiger partial charge < -0.3 is 10.2 Å². The molecule has 0 radical (unpaired) electrons.